The fourth-order valence-corrected chi connectivity index (χ4v) is 1.17. The van der Waals surface area contributed by atoms with Crippen molar-refractivity contribution in [2.45, 2.75) is 6.92 Å². The lowest BCUT2D eigenvalue weighted by Crippen LogP contribution is -2.23. The standard InChI is InChI=1S/C7H6N4O3/c1-3(12)11-2-8-4-5(11)9-7(14)10-6(4)13/h2H,1H3,(H2,9,10,13,14). The second-order valence-electron chi connectivity index (χ2n) is 2.74. The van der Waals surface area contributed by atoms with Crippen molar-refractivity contribution in [1.82, 2.24) is 19.5 Å². The molecular formula is C7H6N4O3. The van der Waals surface area contributed by atoms with E-state index in [1.54, 1.807) is 0 Å². The van der Waals surface area contributed by atoms with Crippen LogP contribution in [0.5, 0.6) is 0 Å². The van der Waals surface area contributed by atoms with Gasteiger partial charge in [-0.1, -0.05) is 0 Å². The van der Waals surface area contributed by atoms with E-state index in [2.05, 4.69) is 9.97 Å². The van der Waals surface area contributed by atoms with Crippen LogP contribution in [0.3, 0.4) is 0 Å². The van der Waals surface area contributed by atoms with Crippen LogP contribution in [0.4, 0.5) is 0 Å². The zero-order valence-electron chi connectivity index (χ0n) is 7.20. The fourth-order valence-electron chi connectivity index (χ4n) is 1.17. The Kier molecular flexibility index (Phi) is 1.60. The summed E-state index contributed by atoms with van der Waals surface area (Å²) in [5, 5.41) is 0. The number of carbonyl (C=O) groups is 1. The highest BCUT2D eigenvalue weighted by atomic mass is 16.2. The van der Waals surface area contributed by atoms with Gasteiger partial charge in [0.05, 0.1) is 0 Å². The van der Waals surface area contributed by atoms with Crippen LogP contribution in [0.15, 0.2) is 15.9 Å². The Labute approximate surface area is 76.4 Å². The first-order chi connectivity index (χ1) is 6.59. The van der Waals surface area contributed by atoms with Gasteiger partial charge in [0.15, 0.2) is 11.2 Å². The van der Waals surface area contributed by atoms with Crippen LogP contribution in [-0.2, 0) is 0 Å². The number of nitrogens with one attached hydrogen (secondary N) is 2. The molecule has 2 N–H and O–H groups in total. The quantitative estimate of drug-likeness (QED) is 0.565. The molecule has 2 rings (SSSR count). The van der Waals surface area contributed by atoms with Gasteiger partial charge in [0.25, 0.3) is 5.56 Å². The van der Waals surface area contributed by atoms with Crippen LogP contribution in [-0.4, -0.2) is 25.4 Å². The maximum Gasteiger partial charge on any atom is 0.327 e. The highest BCUT2D eigenvalue weighted by molar-refractivity contribution is 5.86. The Balaban J connectivity index is 3.00. The van der Waals surface area contributed by atoms with Crippen LogP contribution in [0.1, 0.15) is 11.7 Å². The highest BCUT2D eigenvalue weighted by Gasteiger charge is 2.09. The van der Waals surface area contributed by atoms with Crippen molar-refractivity contribution in [1.29, 1.82) is 0 Å². The number of carbonyl (C=O) groups excluding carboxylic acids is 1. The van der Waals surface area contributed by atoms with Crippen molar-refractivity contribution in [3.05, 3.63) is 27.2 Å². The summed E-state index contributed by atoms with van der Waals surface area (Å²) in [6, 6.07) is 0. The molecule has 0 aliphatic heterocycles. The van der Waals surface area contributed by atoms with Gasteiger partial charge in [-0.05, 0) is 0 Å². The lowest BCUT2D eigenvalue weighted by atomic mass is 10.5. The van der Waals surface area contributed by atoms with Crippen LogP contribution < -0.4 is 11.2 Å². The number of rotatable bonds is 0. The minimum atomic E-state index is -0.662. The molecule has 2 aromatic rings. The number of aromatic amines is 2. The number of H-pyrrole nitrogens is 2. The molecule has 0 fully saturated rings. The molecule has 14 heavy (non-hydrogen) atoms. The minimum Gasteiger partial charge on any atom is -0.291 e. The molecular weight excluding hydrogens is 188 g/mol. The molecule has 0 spiro atoms. The third-order valence-electron chi connectivity index (χ3n) is 1.78. The first kappa shape index (κ1) is 8.42. The van der Waals surface area contributed by atoms with Gasteiger partial charge in [-0.15, -0.1) is 0 Å². The van der Waals surface area contributed by atoms with E-state index in [4.69, 9.17) is 0 Å². The zero-order chi connectivity index (χ0) is 10.3. The van der Waals surface area contributed by atoms with Gasteiger partial charge in [0.2, 0.25) is 5.91 Å². The van der Waals surface area contributed by atoms with Gasteiger partial charge in [0.1, 0.15) is 6.33 Å². The first-order valence-corrected chi connectivity index (χ1v) is 3.80. The molecule has 7 nitrogen and oxygen atoms in total. The Hall–Kier alpha value is -2.18. The molecule has 2 aromatic heterocycles. The third-order valence-corrected chi connectivity index (χ3v) is 1.78. The maximum atomic E-state index is 11.2. The second-order valence-corrected chi connectivity index (χ2v) is 2.74. The Morgan fingerprint density at radius 1 is 1.43 bits per heavy atom. The van der Waals surface area contributed by atoms with E-state index in [1.165, 1.54) is 13.3 Å². The van der Waals surface area contributed by atoms with Gasteiger partial charge in [-0.2, -0.15) is 0 Å². The van der Waals surface area contributed by atoms with Crippen molar-refractivity contribution in [2.75, 3.05) is 0 Å². The summed E-state index contributed by atoms with van der Waals surface area (Å²) < 4.78 is 1.10. The Bertz CT molecular complexity index is 618. The van der Waals surface area contributed by atoms with Gasteiger partial charge in [-0.3, -0.25) is 24.1 Å². The molecule has 0 saturated heterocycles. The summed E-state index contributed by atoms with van der Waals surface area (Å²) in [4.78, 5) is 41.2. The van der Waals surface area contributed by atoms with Crippen LogP contribution in [0, 0.1) is 0 Å². The minimum absolute atomic E-state index is 0.0415. The van der Waals surface area contributed by atoms with Crippen molar-refractivity contribution in [2.24, 2.45) is 0 Å². The molecule has 0 saturated carbocycles. The highest BCUT2D eigenvalue weighted by Crippen LogP contribution is 2.01. The molecule has 0 aliphatic rings. The monoisotopic (exact) mass is 194 g/mol. The molecule has 2 heterocycles. The van der Waals surface area contributed by atoms with Crippen molar-refractivity contribution >= 4 is 17.1 Å². The van der Waals surface area contributed by atoms with Crippen molar-refractivity contribution in [3.8, 4) is 0 Å². The summed E-state index contributed by atoms with van der Waals surface area (Å²) >= 11 is 0. The Morgan fingerprint density at radius 2 is 2.14 bits per heavy atom. The molecule has 7 heteroatoms. The maximum absolute atomic E-state index is 11.2. The normalized spacial score (nSPS) is 10.6. The second kappa shape index (κ2) is 2.66. The van der Waals surface area contributed by atoms with E-state index >= 15 is 0 Å². The van der Waals surface area contributed by atoms with E-state index in [9.17, 15) is 14.4 Å². The number of imidazole rings is 1. The number of hydrogen-bond donors (Lipinski definition) is 2. The van der Waals surface area contributed by atoms with Gasteiger partial charge >= 0.3 is 5.69 Å². The van der Waals surface area contributed by atoms with Crippen molar-refractivity contribution in [3.63, 3.8) is 0 Å². The predicted molar refractivity (Wildman–Crippen MR) is 47.3 cm³/mol. The largest absolute Gasteiger partial charge is 0.327 e. The van der Waals surface area contributed by atoms with Crippen LogP contribution in [0.2, 0.25) is 0 Å². The molecule has 0 bridgehead atoms. The third kappa shape index (κ3) is 1.06. The SMILES string of the molecule is CC(=O)n1cnc2c(=O)[nH]c(=O)[nH]c21. The number of aromatic nitrogens is 4. The first-order valence-electron chi connectivity index (χ1n) is 3.80. The lowest BCUT2D eigenvalue weighted by molar-refractivity contribution is 0.0940. The van der Waals surface area contributed by atoms with E-state index in [1.807, 2.05) is 4.98 Å². The summed E-state index contributed by atoms with van der Waals surface area (Å²) in [5.41, 5.74) is -1.11. The summed E-state index contributed by atoms with van der Waals surface area (Å²) in [7, 11) is 0. The average molecular weight is 194 g/mol. The zero-order valence-corrected chi connectivity index (χ0v) is 7.20. The summed E-state index contributed by atoms with van der Waals surface area (Å²) in [6.07, 6.45) is 1.19. The lowest BCUT2D eigenvalue weighted by Gasteiger charge is -1.94. The van der Waals surface area contributed by atoms with E-state index in [0.717, 1.165) is 4.57 Å². The molecule has 0 aromatic carbocycles. The fraction of sp³-hybridized carbons (Fsp3) is 0.143. The summed E-state index contributed by atoms with van der Waals surface area (Å²) in [6.45, 7) is 1.31. The Morgan fingerprint density at radius 3 is 2.79 bits per heavy atom. The van der Waals surface area contributed by atoms with E-state index in [-0.39, 0.29) is 17.1 Å². The van der Waals surface area contributed by atoms with Gasteiger partial charge < -0.3 is 0 Å². The molecule has 0 amide bonds. The van der Waals surface area contributed by atoms with Crippen LogP contribution >= 0.6 is 0 Å². The molecule has 0 radical (unpaired) electrons. The average Bonchev–Trinajstić information content (AvgIpc) is 2.47. The molecule has 0 aliphatic carbocycles. The van der Waals surface area contributed by atoms with E-state index in [0.29, 0.717) is 0 Å². The van der Waals surface area contributed by atoms with Gasteiger partial charge in [0, 0.05) is 6.92 Å². The van der Waals surface area contributed by atoms with Gasteiger partial charge in [-0.25, -0.2) is 9.78 Å². The molecule has 0 unspecified atom stereocenters. The van der Waals surface area contributed by atoms with Crippen molar-refractivity contribution < 1.29 is 4.79 Å². The van der Waals surface area contributed by atoms with E-state index < -0.39 is 11.2 Å². The topological polar surface area (TPSA) is 101 Å². The number of fused-ring (bicyclic) bond motifs is 1. The molecule has 0 atom stereocenters. The number of nitrogens with zero attached hydrogens (tertiary/aromatic N) is 2. The predicted octanol–water partition coefficient (Wildman–Crippen LogP) is -0.927. The summed E-state index contributed by atoms with van der Waals surface area (Å²) in [5.74, 6) is -0.325. The smallest absolute Gasteiger partial charge is 0.291 e. The molecule has 72 valence electrons. The number of hydrogen-bond acceptors (Lipinski definition) is 4. The van der Waals surface area contributed by atoms with Crippen LogP contribution in [0.25, 0.3) is 11.2 Å².